The predicted molar refractivity (Wildman–Crippen MR) is 85.3 cm³/mol. The predicted octanol–water partition coefficient (Wildman–Crippen LogP) is 2.55. The highest BCUT2D eigenvalue weighted by Crippen LogP contribution is 2.16. The van der Waals surface area contributed by atoms with E-state index in [1.165, 1.54) is 0 Å². The number of hydrogen-bond acceptors (Lipinski definition) is 4. The van der Waals surface area contributed by atoms with Crippen LogP contribution in [0.5, 0.6) is 5.75 Å². The van der Waals surface area contributed by atoms with Gasteiger partial charge in [-0.2, -0.15) is 0 Å². The number of hydrogen-bond donors (Lipinski definition) is 2. The summed E-state index contributed by atoms with van der Waals surface area (Å²) in [5.41, 5.74) is 1.37. The third kappa shape index (κ3) is 5.74. The van der Waals surface area contributed by atoms with Gasteiger partial charge in [-0.15, -0.1) is 0 Å². The summed E-state index contributed by atoms with van der Waals surface area (Å²) in [6, 6.07) is 16.7. The van der Waals surface area contributed by atoms with Gasteiger partial charge in [0.1, 0.15) is 12.4 Å². The Hall–Kier alpha value is -2.21. The molecule has 0 radical (unpaired) electrons. The van der Waals surface area contributed by atoms with Crippen LogP contribution in [0.25, 0.3) is 0 Å². The molecule has 2 aromatic rings. The highest BCUT2D eigenvalue weighted by molar-refractivity contribution is 7.92. The molecular formula is C15H18N2O3S. The lowest BCUT2D eigenvalue weighted by Gasteiger charge is -2.10. The van der Waals surface area contributed by atoms with E-state index in [4.69, 9.17) is 4.74 Å². The fourth-order valence-corrected chi connectivity index (χ4v) is 2.34. The average molecular weight is 306 g/mol. The van der Waals surface area contributed by atoms with Crippen LogP contribution in [0.2, 0.25) is 0 Å². The molecule has 6 heteroatoms. The van der Waals surface area contributed by atoms with Crippen LogP contribution in [-0.2, 0) is 10.0 Å². The second-order valence-electron chi connectivity index (χ2n) is 4.54. The van der Waals surface area contributed by atoms with Gasteiger partial charge >= 0.3 is 0 Å². The van der Waals surface area contributed by atoms with Gasteiger partial charge in [-0.1, -0.05) is 24.3 Å². The maximum Gasteiger partial charge on any atom is 0.229 e. The lowest BCUT2D eigenvalue weighted by atomic mass is 10.3. The molecule has 0 aliphatic heterocycles. The first-order valence-electron chi connectivity index (χ1n) is 6.52. The van der Waals surface area contributed by atoms with Crippen LogP contribution >= 0.6 is 0 Å². The molecule has 0 heterocycles. The van der Waals surface area contributed by atoms with Crippen LogP contribution in [0.15, 0.2) is 54.6 Å². The molecule has 2 aromatic carbocycles. The molecule has 2 rings (SSSR count). The number of para-hydroxylation sites is 1. The average Bonchev–Trinajstić information content (AvgIpc) is 2.43. The first-order chi connectivity index (χ1) is 10.0. The van der Waals surface area contributed by atoms with Crippen molar-refractivity contribution in [1.82, 2.24) is 0 Å². The maximum absolute atomic E-state index is 11.2. The SMILES string of the molecule is CS(=O)(=O)Nc1cccc(NCCOc2ccccc2)c1. The van der Waals surface area contributed by atoms with Gasteiger partial charge in [0.05, 0.1) is 11.9 Å². The van der Waals surface area contributed by atoms with E-state index in [1.54, 1.807) is 18.2 Å². The van der Waals surface area contributed by atoms with Gasteiger partial charge in [-0.3, -0.25) is 4.72 Å². The zero-order valence-electron chi connectivity index (χ0n) is 11.7. The number of benzene rings is 2. The molecule has 0 unspecified atom stereocenters. The molecule has 5 nitrogen and oxygen atoms in total. The minimum atomic E-state index is -3.26. The fourth-order valence-electron chi connectivity index (χ4n) is 1.79. The fraction of sp³-hybridized carbons (Fsp3) is 0.200. The molecule has 0 saturated heterocycles. The van der Waals surface area contributed by atoms with Crippen molar-refractivity contribution < 1.29 is 13.2 Å². The van der Waals surface area contributed by atoms with E-state index in [0.717, 1.165) is 17.7 Å². The number of sulfonamides is 1. The second-order valence-corrected chi connectivity index (χ2v) is 6.29. The molecule has 112 valence electrons. The molecule has 0 amide bonds. The molecule has 0 spiro atoms. The molecule has 21 heavy (non-hydrogen) atoms. The van der Waals surface area contributed by atoms with E-state index in [-0.39, 0.29) is 0 Å². The summed E-state index contributed by atoms with van der Waals surface area (Å²) in [4.78, 5) is 0. The highest BCUT2D eigenvalue weighted by atomic mass is 32.2. The molecule has 0 aromatic heterocycles. The van der Waals surface area contributed by atoms with Crippen molar-refractivity contribution in [3.63, 3.8) is 0 Å². The number of rotatable bonds is 7. The van der Waals surface area contributed by atoms with E-state index in [9.17, 15) is 8.42 Å². The smallest absolute Gasteiger partial charge is 0.229 e. The number of nitrogens with one attached hydrogen (secondary N) is 2. The molecule has 0 bridgehead atoms. The van der Waals surface area contributed by atoms with Gasteiger partial charge in [-0.05, 0) is 30.3 Å². The Morgan fingerprint density at radius 2 is 1.71 bits per heavy atom. The Bertz CT molecular complexity index is 672. The van der Waals surface area contributed by atoms with Gasteiger partial charge in [-0.25, -0.2) is 8.42 Å². The zero-order chi connectivity index (χ0) is 15.1. The van der Waals surface area contributed by atoms with Gasteiger partial charge in [0.15, 0.2) is 0 Å². The summed E-state index contributed by atoms with van der Waals surface area (Å²) in [6.07, 6.45) is 1.13. The molecule has 0 aliphatic rings. The van der Waals surface area contributed by atoms with E-state index >= 15 is 0 Å². The van der Waals surface area contributed by atoms with Gasteiger partial charge < -0.3 is 10.1 Å². The van der Waals surface area contributed by atoms with Crippen molar-refractivity contribution in [2.24, 2.45) is 0 Å². The molecular weight excluding hydrogens is 288 g/mol. The quantitative estimate of drug-likeness (QED) is 0.772. The number of anilines is 2. The van der Waals surface area contributed by atoms with Gasteiger partial charge in [0, 0.05) is 12.2 Å². The van der Waals surface area contributed by atoms with Crippen LogP contribution in [0.1, 0.15) is 0 Å². The van der Waals surface area contributed by atoms with Crippen LogP contribution in [0.4, 0.5) is 11.4 Å². The monoisotopic (exact) mass is 306 g/mol. The van der Waals surface area contributed by atoms with Crippen LogP contribution in [-0.4, -0.2) is 27.8 Å². The van der Waals surface area contributed by atoms with Crippen molar-refractivity contribution in [3.05, 3.63) is 54.6 Å². The molecule has 2 N–H and O–H groups in total. The highest BCUT2D eigenvalue weighted by Gasteiger charge is 2.02. The van der Waals surface area contributed by atoms with Crippen LogP contribution in [0, 0.1) is 0 Å². The van der Waals surface area contributed by atoms with Crippen molar-refractivity contribution >= 4 is 21.4 Å². The molecule has 0 atom stereocenters. The Morgan fingerprint density at radius 1 is 1.00 bits per heavy atom. The van der Waals surface area contributed by atoms with Crippen LogP contribution in [0.3, 0.4) is 0 Å². The van der Waals surface area contributed by atoms with E-state index < -0.39 is 10.0 Å². The minimum Gasteiger partial charge on any atom is -0.492 e. The van der Waals surface area contributed by atoms with E-state index in [2.05, 4.69) is 10.0 Å². The Balaban J connectivity index is 1.82. The summed E-state index contributed by atoms with van der Waals surface area (Å²) < 4.78 is 30.4. The largest absolute Gasteiger partial charge is 0.492 e. The standard InChI is InChI=1S/C15H18N2O3S/c1-21(18,19)17-14-7-5-6-13(12-14)16-10-11-20-15-8-3-2-4-9-15/h2-9,12,16-17H,10-11H2,1H3. The normalized spacial score (nSPS) is 10.9. The minimum absolute atomic E-state index is 0.522. The maximum atomic E-state index is 11.2. The summed E-state index contributed by atoms with van der Waals surface area (Å²) in [5.74, 6) is 0.826. The second kappa shape index (κ2) is 6.99. The van der Waals surface area contributed by atoms with Crippen molar-refractivity contribution in [3.8, 4) is 5.75 Å². The summed E-state index contributed by atoms with van der Waals surface area (Å²) in [7, 11) is -3.26. The molecule has 0 aliphatic carbocycles. The van der Waals surface area contributed by atoms with Gasteiger partial charge in [0.2, 0.25) is 10.0 Å². The van der Waals surface area contributed by atoms with E-state index in [0.29, 0.717) is 18.8 Å². The lowest BCUT2D eigenvalue weighted by molar-refractivity contribution is 0.333. The third-order valence-corrected chi connectivity index (χ3v) is 3.22. The summed E-state index contributed by atoms with van der Waals surface area (Å²) >= 11 is 0. The van der Waals surface area contributed by atoms with Crippen molar-refractivity contribution in [1.29, 1.82) is 0 Å². The Morgan fingerprint density at radius 3 is 2.43 bits per heavy atom. The Labute approximate surface area is 125 Å². The van der Waals surface area contributed by atoms with Crippen molar-refractivity contribution in [2.75, 3.05) is 29.4 Å². The first-order valence-corrected chi connectivity index (χ1v) is 8.42. The Kier molecular flexibility index (Phi) is 5.05. The summed E-state index contributed by atoms with van der Waals surface area (Å²) in [5, 5.41) is 3.18. The first kappa shape index (κ1) is 15.2. The number of ether oxygens (including phenoxy) is 1. The lowest BCUT2D eigenvalue weighted by Crippen LogP contribution is -2.12. The van der Waals surface area contributed by atoms with Crippen LogP contribution < -0.4 is 14.8 Å². The zero-order valence-corrected chi connectivity index (χ0v) is 12.6. The topological polar surface area (TPSA) is 67.4 Å². The van der Waals surface area contributed by atoms with Gasteiger partial charge in [0.25, 0.3) is 0 Å². The third-order valence-electron chi connectivity index (χ3n) is 2.61. The van der Waals surface area contributed by atoms with Crippen molar-refractivity contribution in [2.45, 2.75) is 0 Å². The van der Waals surface area contributed by atoms with E-state index in [1.807, 2.05) is 36.4 Å². The summed E-state index contributed by atoms with van der Waals surface area (Å²) in [6.45, 7) is 1.14. The molecule has 0 fully saturated rings. The molecule has 0 saturated carbocycles.